The lowest BCUT2D eigenvalue weighted by molar-refractivity contribution is 0.508. The summed E-state index contributed by atoms with van der Waals surface area (Å²) in [6.07, 6.45) is 8.71. The van der Waals surface area contributed by atoms with Crippen LogP contribution in [0.15, 0.2) is 73.2 Å². The van der Waals surface area contributed by atoms with Crippen molar-refractivity contribution in [1.82, 2.24) is 14.7 Å². The number of hydrogen-bond donors (Lipinski definition) is 0. The second-order valence-corrected chi connectivity index (χ2v) is 7.28. The molecule has 0 saturated carbocycles. The molecule has 0 unspecified atom stereocenters. The third-order valence-electron chi connectivity index (χ3n) is 5.11. The lowest BCUT2D eigenvalue weighted by atomic mass is 9.87. The summed E-state index contributed by atoms with van der Waals surface area (Å²) in [4.78, 5) is 2.22. The summed E-state index contributed by atoms with van der Waals surface area (Å²) in [6, 6.07) is 17.0. The molecule has 0 fully saturated rings. The van der Waals surface area contributed by atoms with Crippen molar-refractivity contribution in [2.24, 2.45) is 0 Å². The first kappa shape index (κ1) is 17.3. The Labute approximate surface area is 161 Å². The van der Waals surface area contributed by atoms with Crippen LogP contribution in [0.3, 0.4) is 0 Å². The highest BCUT2D eigenvalue weighted by Gasteiger charge is 2.19. The second-order valence-electron chi connectivity index (χ2n) is 7.28. The monoisotopic (exact) mass is 355 g/mol. The van der Waals surface area contributed by atoms with E-state index in [-0.39, 0.29) is 0 Å². The van der Waals surface area contributed by atoms with Crippen LogP contribution in [-0.2, 0) is 6.54 Å². The largest absolute Gasteiger partial charge is 0.376 e. The Morgan fingerprint density at radius 1 is 0.926 bits per heavy atom. The normalized spacial score (nSPS) is 14.1. The van der Waals surface area contributed by atoms with Gasteiger partial charge in [-0.2, -0.15) is 5.10 Å². The van der Waals surface area contributed by atoms with Gasteiger partial charge >= 0.3 is 0 Å². The van der Waals surface area contributed by atoms with E-state index in [4.69, 9.17) is 0 Å². The van der Waals surface area contributed by atoms with Gasteiger partial charge in [0.15, 0.2) is 0 Å². The molecule has 1 aromatic heterocycles. The van der Waals surface area contributed by atoms with Gasteiger partial charge in [0.05, 0.1) is 12.7 Å². The fraction of sp³-hybridized carbons (Fsp3) is 0.208. The van der Waals surface area contributed by atoms with E-state index in [1.165, 1.54) is 33.4 Å². The Hall–Kier alpha value is -3.07. The predicted molar refractivity (Wildman–Crippen MR) is 112 cm³/mol. The Bertz CT molecular complexity index is 989. The molecule has 136 valence electrons. The molecule has 1 aliphatic heterocycles. The van der Waals surface area contributed by atoms with Gasteiger partial charge < -0.3 is 4.90 Å². The summed E-state index contributed by atoms with van der Waals surface area (Å²) < 4.78 is 2.02. The van der Waals surface area contributed by atoms with Crippen molar-refractivity contribution in [2.45, 2.75) is 20.4 Å². The van der Waals surface area contributed by atoms with Gasteiger partial charge in [0.1, 0.15) is 0 Å². The average molecular weight is 355 g/mol. The highest BCUT2D eigenvalue weighted by molar-refractivity contribution is 6.06. The van der Waals surface area contributed by atoms with E-state index in [9.17, 15) is 0 Å². The minimum Gasteiger partial charge on any atom is -0.376 e. The molecule has 27 heavy (non-hydrogen) atoms. The van der Waals surface area contributed by atoms with Gasteiger partial charge in [-0.05, 0) is 41.7 Å². The molecule has 2 heterocycles. The summed E-state index contributed by atoms with van der Waals surface area (Å²) in [5.74, 6) is 0. The van der Waals surface area contributed by atoms with Crippen molar-refractivity contribution in [3.05, 3.63) is 101 Å². The van der Waals surface area contributed by atoms with Crippen molar-refractivity contribution < 1.29 is 0 Å². The third-order valence-corrected chi connectivity index (χ3v) is 5.11. The third kappa shape index (κ3) is 3.59. The first-order chi connectivity index (χ1) is 13.1. The van der Waals surface area contributed by atoms with Gasteiger partial charge in [-0.15, -0.1) is 0 Å². The molecule has 0 saturated heterocycles. The maximum Gasteiger partial charge on any atom is 0.0659 e. The highest BCUT2D eigenvalue weighted by atomic mass is 15.3. The fourth-order valence-corrected chi connectivity index (χ4v) is 3.75. The zero-order chi connectivity index (χ0) is 18.8. The molecule has 3 nitrogen and oxygen atoms in total. The summed E-state index contributed by atoms with van der Waals surface area (Å²) in [6.45, 7) is 6.09. The summed E-state index contributed by atoms with van der Waals surface area (Å²) in [5.41, 5.74) is 8.93. The van der Waals surface area contributed by atoms with Crippen LogP contribution in [0.1, 0.15) is 27.8 Å². The molecule has 3 heteroatoms. The minimum absolute atomic E-state index is 0.784. The molecule has 0 bridgehead atoms. The maximum absolute atomic E-state index is 4.61. The first-order valence-electron chi connectivity index (χ1n) is 9.38. The lowest BCUT2D eigenvalue weighted by Gasteiger charge is -2.25. The van der Waals surface area contributed by atoms with E-state index in [1.807, 2.05) is 16.9 Å². The Morgan fingerprint density at radius 3 is 2.41 bits per heavy atom. The van der Waals surface area contributed by atoms with Gasteiger partial charge in [-0.25, -0.2) is 0 Å². The van der Waals surface area contributed by atoms with Crippen LogP contribution in [0.5, 0.6) is 0 Å². The van der Waals surface area contributed by atoms with Gasteiger partial charge in [0.2, 0.25) is 0 Å². The number of hydrogen-bond acceptors (Lipinski definition) is 2. The Balaban J connectivity index is 1.70. The molecule has 0 spiro atoms. The minimum atomic E-state index is 0.784. The van der Waals surface area contributed by atoms with Crippen LogP contribution in [-0.4, -0.2) is 28.3 Å². The fourth-order valence-electron chi connectivity index (χ4n) is 3.75. The van der Waals surface area contributed by atoms with E-state index < -0.39 is 0 Å². The summed E-state index contributed by atoms with van der Waals surface area (Å²) in [5, 5.41) is 4.61. The maximum atomic E-state index is 4.61. The van der Waals surface area contributed by atoms with Crippen molar-refractivity contribution in [3.8, 4) is 0 Å². The van der Waals surface area contributed by atoms with Gasteiger partial charge in [-0.3, -0.25) is 4.68 Å². The molecule has 0 radical (unpaired) electrons. The lowest BCUT2D eigenvalue weighted by Crippen LogP contribution is -2.16. The molecule has 2 aromatic carbocycles. The molecule has 1 aliphatic rings. The van der Waals surface area contributed by atoms with E-state index in [0.717, 1.165) is 18.7 Å². The number of allylic oxidation sites excluding steroid dienone is 2. The molecule has 3 aromatic rings. The quantitative estimate of drug-likeness (QED) is 0.662. The van der Waals surface area contributed by atoms with Gasteiger partial charge in [0, 0.05) is 37.1 Å². The molecule has 0 atom stereocenters. The van der Waals surface area contributed by atoms with Crippen LogP contribution in [0, 0.1) is 13.8 Å². The van der Waals surface area contributed by atoms with E-state index >= 15 is 0 Å². The van der Waals surface area contributed by atoms with E-state index in [2.05, 4.69) is 91.8 Å². The molecular weight excluding hydrogens is 330 g/mol. The first-order valence-corrected chi connectivity index (χ1v) is 9.38. The zero-order valence-corrected chi connectivity index (χ0v) is 16.2. The molecule has 0 N–H and O–H groups in total. The van der Waals surface area contributed by atoms with Gasteiger partial charge in [-0.1, -0.05) is 54.6 Å². The van der Waals surface area contributed by atoms with E-state index in [1.54, 1.807) is 0 Å². The van der Waals surface area contributed by atoms with Crippen LogP contribution in [0.25, 0.3) is 11.1 Å². The number of benzene rings is 2. The number of aromatic nitrogens is 2. The molecule has 0 aliphatic carbocycles. The summed E-state index contributed by atoms with van der Waals surface area (Å²) in [7, 11) is 2.12. The SMILES string of the molecule is Cc1cccc(C)c1C1=CCN(C)C=C1c1cnn(Cc2ccccc2)c1. The number of aryl methyl sites for hydroxylation is 2. The Kier molecular flexibility index (Phi) is 4.68. The van der Waals surface area contributed by atoms with E-state index in [0.29, 0.717) is 0 Å². The van der Waals surface area contributed by atoms with Crippen molar-refractivity contribution in [2.75, 3.05) is 13.6 Å². The smallest absolute Gasteiger partial charge is 0.0659 e. The van der Waals surface area contributed by atoms with Crippen LogP contribution < -0.4 is 0 Å². The van der Waals surface area contributed by atoms with Crippen LogP contribution >= 0.6 is 0 Å². The molecule has 4 rings (SSSR count). The van der Waals surface area contributed by atoms with Crippen molar-refractivity contribution >= 4 is 11.1 Å². The van der Waals surface area contributed by atoms with Gasteiger partial charge in [0.25, 0.3) is 0 Å². The molecule has 0 amide bonds. The van der Waals surface area contributed by atoms with Crippen molar-refractivity contribution in [1.29, 1.82) is 0 Å². The topological polar surface area (TPSA) is 21.1 Å². The predicted octanol–water partition coefficient (Wildman–Crippen LogP) is 4.92. The van der Waals surface area contributed by atoms with Crippen molar-refractivity contribution in [3.63, 3.8) is 0 Å². The highest BCUT2D eigenvalue weighted by Crippen LogP contribution is 2.36. The number of likely N-dealkylation sites (N-methyl/N-ethyl adjacent to an activating group) is 1. The average Bonchev–Trinajstić information content (AvgIpc) is 3.12. The van der Waals surface area contributed by atoms with Crippen LogP contribution in [0.4, 0.5) is 0 Å². The van der Waals surface area contributed by atoms with Crippen LogP contribution in [0.2, 0.25) is 0 Å². The number of rotatable bonds is 4. The Morgan fingerprint density at radius 2 is 1.67 bits per heavy atom. The number of nitrogens with zero attached hydrogens (tertiary/aromatic N) is 3. The summed E-state index contributed by atoms with van der Waals surface area (Å²) >= 11 is 0. The molecular formula is C24H25N3. The zero-order valence-electron chi connectivity index (χ0n) is 16.2. The standard InChI is InChI=1S/C24H25N3/c1-18-8-7-9-19(2)24(18)22-12-13-26(3)17-23(22)21-14-25-27(16-21)15-20-10-5-4-6-11-20/h4-12,14,16-17H,13,15H2,1-3H3. The second kappa shape index (κ2) is 7.28.